The van der Waals surface area contributed by atoms with Gasteiger partial charge in [-0.05, 0) is 0 Å². The van der Waals surface area contributed by atoms with E-state index in [9.17, 15) is 9.59 Å². The molecule has 88 valence electrons. The summed E-state index contributed by atoms with van der Waals surface area (Å²) in [6.45, 7) is 0.319. The number of nitrogens with zero attached hydrogens (tertiary/aromatic N) is 1. The Bertz CT molecular complexity index is 215. The van der Waals surface area contributed by atoms with Crippen LogP contribution in [0.3, 0.4) is 0 Å². The molecular weight excluding hydrogens is 204 g/mol. The molecule has 0 amide bonds. The average Bonchev–Trinajstić information content (AvgIpc) is 2.13. The van der Waals surface area contributed by atoms with Crippen LogP contribution in [-0.2, 0) is 9.59 Å². The van der Waals surface area contributed by atoms with E-state index in [1.54, 1.807) is 0 Å². The topological polar surface area (TPSA) is 124 Å². The smallest absolute Gasteiger partial charge is 0.321 e. The van der Waals surface area contributed by atoms with Gasteiger partial charge in [0.05, 0.1) is 13.0 Å². The number of hydrogen-bond acceptors (Lipinski definition) is 5. The molecule has 0 fully saturated rings. The predicted octanol–water partition coefficient (Wildman–Crippen LogP) is -1.83. The van der Waals surface area contributed by atoms with E-state index in [1.165, 1.54) is 4.90 Å². The van der Waals surface area contributed by atoms with Crippen molar-refractivity contribution < 1.29 is 24.9 Å². The van der Waals surface area contributed by atoms with Gasteiger partial charge in [0, 0.05) is 19.6 Å². The molecule has 0 aliphatic heterocycles. The van der Waals surface area contributed by atoms with Gasteiger partial charge in [-0.25, -0.2) is 0 Å². The van der Waals surface area contributed by atoms with Crippen LogP contribution in [0.25, 0.3) is 0 Å². The first-order valence-corrected chi connectivity index (χ1v) is 4.52. The first-order chi connectivity index (χ1) is 7.02. The summed E-state index contributed by atoms with van der Waals surface area (Å²) in [6, 6.07) is -1.14. The van der Waals surface area contributed by atoms with Crippen LogP contribution in [0.15, 0.2) is 0 Å². The number of rotatable bonds is 8. The second kappa shape index (κ2) is 7.16. The summed E-state index contributed by atoms with van der Waals surface area (Å²) < 4.78 is 0. The zero-order valence-electron chi connectivity index (χ0n) is 8.30. The van der Waals surface area contributed by atoms with Crippen molar-refractivity contribution in [2.24, 2.45) is 5.73 Å². The zero-order valence-corrected chi connectivity index (χ0v) is 8.30. The summed E-state index contributed by atoms with van der Waals surface area (Å²) in [6.07, 6.45) is -0.505. The van der Waals surface area contributed by atoms with E-state index in [4.69, 9.17) is 21.1 Å². The fraction of sp³-hybridized carbons (Fsp3) is 0.750. The molecule has 0 heterocycles. The molecule has 5 N–H and O–H groups in total. The Morgan fingerprint density at radius 1 is 1.27 bits per heavy atom. The molecule has 0 rings (SSSR count). The molecule has 0 spiro atoms. The summed E-state index contributed by atoms with van der Waals surface area (Å²) in [5.74, 6) is -2.42. The monoisotopic (exact) mass is 220 g/mol. The highest BCUT2D eigenvalue weighted by molar-refractivity contribution is 5.80. The van der Waals surface area contributed by atoms with Crippen LogP contribution >= 0.6 is 0 Å². The molecule has 15 heavy (non-hydrogen) atoms. The van der Waals surface area contributed by atoms with Gasteiger partial charge in [0.2, 0.25) is 0 Å². The average molecular weight is 220 g/mol. The van der Waals surface area contributed by atoms with Crippen molar-refractivity contribution in [2.45, 2.75) is 12.5 Å². The van der Waals surface area contributed by atoms with E-state index >= 15 is 0 Å². The van der Waals surface area contributed by atoms with Crippen LogP contribution < -0.4 is 5.73 Å². The summed E-state index contributed by atoms with van der Waals surface area (Å²) in [4.78, 5) is 22.6. The van der Waals surface area contributed by atoms with Crippen molar-refractivity contribution in [2.75, 3.05) is 26.2 Å². The number of carbonyl (C=O) groups is 2. The van der Waals surface area contributed by atoms with Crippen LogP contribution in [-0.4, -0.2) is 64.4 Å². The second-order valence-corrected chi connectivity index (χ2v) is 3.00. The largest absolute Gasteiger partial charge is 0.481 e. The third kappa shape index (κ3) is 5.31. The molecule has 0 aromatic rings. The van der Waals surface area contributed by atoms with Crippen LogP contribution in [0.1, 0.15) is 6.42 Å². The summed E-state index contributed by atoms with van der Waals surface area (Å²) >= 11 is 0. The fourth-order valence-electron chi connectivity index (χ4n) is 1.26. The number of aliphatic carboxylic acids is 2. The van der Waals surface area contributed by atoms with Crippen LogP contribution in [0.4, 0.5) is 0 Å². The van der Waals surface area contributed by atoms with Gasteiger partial charge >= 0.3 is 11.9 Å². The van der Waals surface area contributed by atoms with Crippen LogP contribution in [0.5, 0.6) is 0 Å². The molecule has 1 unspecified atom stereocenters. The van der Waals surface area contributed by atoms with Gasteiger partial charge in [0.25, 0.3) is 0 Å². The molecule has 0 aromatic heterocycles. The maximum atomic E-state index is 10.8. The van der Waals surface area contributed by atoms with E-state index in [1.807, 2.05) is 0 Å². The van der Waals surface area contributed by atoms with Gasteiger partial charge in [-0.1, -0.05) is 0 Å². The normalized spacial score (nSPS) is 12.7. The molecular formula is C8H16N2O5. The van der Waals surface area contributed by atoms with E-state index in [0.29, 0.717) is 0 Å². The van der Waals surface area contributed by atoms with Crippen LogP contribution in [0.2, 0.25) is 0 Å². The zero-order chi connectivity index (χ0) is 11.8. The van der Waals surface area contributed by atoms with Crippen molar-refractivity contribution in [1.29, 1.82) is 0 Å². The highest BCUT2D eigenvalue weighted by atomic mass is 16.4. The molecule has 0 aliphatic rings. The summed E-state index contributed by atoms with van der Waals surface area (Å²) in [5.41, 5.74) is 5.26. The minimum Gasteiger partial charge on any atom is -0.481 e. The molecule has 0 saturated carbocycles. The Hall–Kier alpha value is -1.18. The second-order valence-electron chi connectivity index (χ2n) is 3.00. The maximum absolute atomic E-state index is 10.8. The number of hydrogen-bond donors (Lipinski definition) is 4. The molecule has 0 bridgehead atoms. The first kappa shape index (κ1) is 13.8. The third-order valence-electron chi connectivity index (χ3n) is 1.90. The van der Waals surface area contributed by atoms with Gasteiger partial charge in [0.1, 0.15) is 6.04 Å². The number of carboxylic acid groups (broad SMARTS) is 2. The standard InChI is InChI=1S/C8H16N2O5/c9-1-2-10(3-4-11)6(8(14)15)5-7(12)13/h6,11H,1-5,9H2,(H,12,13)(H,14,15). The lowest BCUT2D eigenvalue weighted by atomic mass is 10.1. The van der Waals surface area contributed by atoms with Crippen molar-refractivity contribution in [1.82, 2.24) is 4.90 Å². The predicted molar refractivity (Wildman–Crippen MR) is 51.4 cm³/mol. The van der Waals surface area contributed by atoms with Crippen molar-refractivity contribution in [3.63, 3.8) is 0 Å². The summed E-state index contributed by atoms with van der Waals surface area (Å²) in [7, 11) is 0. The minimum atomic E-state index is -1.22. The number of nitrogens with two attached hydrogens (primary N) is 1. The molecule has 7 heteroatoms. The number of aliphatic hydroxyl groups excluding tert-OH is 1. The highest BCUT2D eigenvalue weighted by Gasteiger charge is 2.27. The third-order valence-corrected chi connectivity index (χ3v) is 1.90. The lowest BCUT2D eigenvalue weighted by molar-refractivity contribution is -0.150. The lowest BCUT2D eigenvalue weighted by Crippen LogP contribution is -2.46. The van der Waals surface area contributed by atoms with Gasteiger partial charge in [-0.15, -0.1) is 0 Å². The van der Waals surface area contributed by atoms with Crippen LogP contribution in [0, 0.1) is 0 Å². The van der Waals surface area contributed by atoms with Crippen molar-refractivity contribution in [3.8, 4) is 0 Å². The Labute approximate surface area is 87.1 Å². The molecule has 0 radical (unpaired) electrons. The van der Waals surface area contributed by atoms with Gasteiger partial charge in [-0.3, -0.25) is 14.5 Å². The van der Waals surface area contributed by atoms with Gasteiger partial charge < -0.3 is 21.1 Å². The molecule has 0 saturated heterocycles. The van der Waals surface area contributed by atoms with E-state index in [-0.39, 0.29) is 26.2 Å². The van der Waals surface area contributed by atoms with Gasteiger partial charge in [0.15, 0.2) is 0 Å². The Kier molecular flexibility index (Phi) is 6.59. The number of carboxylic acids is 2. The lowest BCUT2D eigenvalue weighted by Gasteiger charge is -2.26. The van der Waals surface area contributed by atoms with E-state index in [0.717, 1.165) is 0 Å². The first-order valence-electron chi connectivity index (χ1n) is 4.52. The van der Waals surface area contributed by atoms with Crippen molar-refractivity contribution in [3.05, 3.63) is 0 Å². The Morgan fingerprint density at radius 2 is 1.87 bits per heavy atom. The molecule has 0 aromatic carbocycles. The minimum absolute atomic E-state index is 0.0987. The fourth-order valence-corrected chi connectivity index (χ4v) is 1.26. The molecule has 7 nitrogen and oxygen atoms in total. The molecule has 1 atom stereocenters. The highest BCUT2D eigenvalue weighted by Crippen LogP contribution is 2.04. The SMILES string of the molecule is NCCN(CCO)C(CC(=O)O)C(=O)O. The van der Waals surface area contributed by atoms with E-state index < -0.39 is 24.4 Å². The quantitative estimate of drug-likeness (QED) is 0.379. The van der Waals surface area contributed by atoms with Crippen molar-refractivity contribution >= 4 is 11.9 Å². The molecule has 0 aliphatic carbocycles. The number of aliphatic hydroxyl groups is 1. The Balaban J connectivity index is 4.50. The van der Waals surface area contributed by atoms with E-state index in [2.05, 4.69) is 0 Å². The maximum Gasteiger partial charge on any atom is 0.321 e. The summed E-state index contributed by atoms with van der Waals surface area (Å²) in [5, 5.41) is 26.1. The Morgan fingerprint density at radius 3 is 2.20 bits per heavy atom. The van der Waals surface area contributed by atoms with Gasteiger partial charge in [-0.2, -0.15) is 0 Å².